The third kappa shape index (κ3) is 4.55. The van der Waals surface area contributed by atoms with E-state index in [0.717, 1.165) is 28.9 Å². The Morgan fingerprint density at radius 1 is 1.29 bits per heavy atom. The van der Waals surface area contributed by atoms with E-state index in [-0.39, 0.29) is 6.04 Å². The highest BCUT2D eigenvalue weighted by molar-refractivity contribution is 9.12. The maximum atomic E-state index is 5.48. The predicted octanol–water partition coefficient (Wildman–Crippen LogP) is 5.57. The van der Waals surface area contributed by atoms with E-state index in [2.05, 4.69) is 62.3 Å². The Morgan fingerprint density at radius 2 is 2.05 bits per heavy atom. The zero-order valence-corrected chi connectivity index (χ0v) is 16.1. The van der Waals surface area contributed by atoms with Gasteiger partial charge in [-0.05, 0) is 74.5 Å². The zero-order valence-electron chi connectivity index (χ0n) is 12.2. The highest BCUT2D eigenvalue weighted by Crippen LogP contribution is 2.37. The second-order valence-electron chi connectivity index (χ2n) is 4.80. The summed E-state index contributed by atoms with van der Waals surface area (Å²) in [6, 6.07) is 10.7. The van der Waals surface area contributed by atoms with E-state index in [1.165, 1.54) is 14.9 Å². The van der Waals surface area contributed by atoms with Crippen molar-refractivity contribution >= 4 is 43.2 Å². The molecule has 1 aromatic heterocycles. The Kier molecular flexibility index (Phi) is 6.74. The number of benzene rings is 1. The average molecular weight is 433 g/mol. The van der Waals surface area contributed by atoms with Crippen molar-refractivity contribution in [3.05, 3.63) is 49.0 Å². The molecule has 2 nitrogen and oxygen atoms in total. The van der Waals surface area contributed by atoms with E-state index in [0.29, 0.717) is 0 Å². The second-order valence-corrected chi connectivity index (χ2v) is 8.55. The minimum atomic E-state index is 0.276. The van der Waals surface area contributed by atoms with Crippen molar-refractivity contribution in [2.24, 2.45) is 0 Å². The van der Waals surface area contributed by atoms with Crippen molar-refractivity contribution in [3.63, 3.8) is 0 Å². The minimum Gasteiger partial charge on any atom is -0.496 e. The number of rotatable bonds is 7. The van der Waals surface area contributed by atoms with Crippen LogP contribution in [0.2, 0.25) is 0 Å². The van der Waals surface area contributed by atoms with Crippen LogP contribution in [0.25, 0.3) is 0 Å². The van der Waals surface area contributed by atoms with Crippen LogP contribution in [0.15, 0.2) is 37.9 Å². The van der Waals surface area contributed by atoms with E-state index in [1.807, 2.05) is 12.1 Å². The molecule has 0 bridgehead atoms. The molecule has 21 heavy (non-hydrogen) atoms. The number of thiophene rings is 1. The number of hydrogen-bond donors (Lipinski definition) is 1. The van der Waals surface area contributed by atoms with Crippen LogP contribution in [0.3, 0.4) is 0 Å². The summed E-state index contributed by atoms with van der Waals surface area (Å²) >= 11 is 8.96. The van der Waals surface area contributed by atoms with Gasteiger partial charge in [0.05, 0.1) is 14.7 Å². The van der Waals surface area contributed by atoms with Crippen LogP contribution in [-0.4, -0.2) is 13.7 Å². The van der Waals surface area contributed by atoms with Gasteiger partial charge in [0.2, 0.25) is 0 Å². The Hall–Kier alpha value is -0.360. The van der Waals surface area contributed by atoms with Crippen molar-refractivity contribution in [1.29, 1.82) is 0 Å². The topological polar surface area (TPSA) is 21.3 Å². The largest absolute Gasteiger partial charge is 0.496 e. The lowest BCUT2D eigenvalue weighted by molar-refractivity contribution is 0.405. The second kappa shape index (κ2) is 8.32. The van der Waals surface area contributed by atoms with Gasteiger partial charge >= 0.3 is 0 Å². The molecular formula is C16H19Br2NOS. The molecule has 5 heteroatoms. The maximum absolute atomic E-state index is 5.48. The van der Waals surface area contributed by atoms with E-state index < -0.39 is 0 Å². The maximum Gasteiger partial charge on any atom is 0.122 e. The molecule has 0 saturated carbocycles. The molecule has 0 aliphatic carbocycles. The molecular weight excluding hydrogens is 414 g/mol. The molecule has 0 radical (unpaired) electrons. The summed E-state index contributed by atoms with van der Waals surface area (Å²) in [4.78, 5) is 0. The van der Waals surface area contributed by atoms with Gasteiger partial charge in [-0.25, -0.2) is 0 Å². The summed E-state index contributed by atoms with van der Waals surface area (Å²) in [5.41, 5.74) is 2.52. The number of methoxy groups -OCH3 is 1. The number of ether oxygens (including phenoxy) is 1. The molecule has 0 saturated heterocycles. The van der Waals surface area contributed by atoms with Crippen molar-refractivity contribution in [3.8, 4) is 5.75 Å². The van der Waals surface area contributed by atoms with Crippen molar-refractivity contribution in [2.75, 3.05) is 13.7 Å². The Bertz CT molecular complexity index is 585. The Labute approximate surface area is 147 Å². The summed E-state index contributed by atoms with van der Waals surface area (Å²) in [6.07, 6.45) is 2.02. The van der Waals surface area contributed by atoms with Crippen molar-refractivity contribution in [2.45, 2.75) is 25.8 Å². The van der Waals surface area contributed by atoms with Gasteiger partial charge in [0.1, 0.15) is 5.75 Å². The molecule has 114 valence electrons. The number of hydrogen-bond acceptors (Lipinski definition) is 3. The summed E-state index contributed by atoms with van der Waals surface area (Å²) < 4.78 is 7.80. The van der Waals surface area contributed by atoms with Gasteiger partial charge in [-0.2, -0.15) is 0 Å². The van der Waals surface area contributed by atoms with Gasteiger partial charge in [-0.1, -0.05) is 25.1 Å². The normalized spacial score (nSPS) is 12.4. The number of nitrogens with one attached hydrogen (secondary N) is 1. The standard InChI is InChI=1S/C16H19Br2NOS/c1-3-8-19-13(12-10-15(17)21-16(12)18)9-11-6-4-5-7-14(11)20-2/h4-7,10,13,19H,3,8-9H2,1-2H3. The van der Waals surface area contributed by atoms with Crippen LogP contribution in [-0.2, 0) is 6.42 Å². The summed E-state index contributed by atoms with van der Waals surface area (Å²) in [5.74, 6) is 0.950. The van der Waals surface area contributed by atoms with E-state index in [9.17, 15) is 0 Å². The van der Waals surface area contributed by atoms with E-state index in [1.54, 1.807) is 18.4 Å². The monoisotopic (exact) mass is 431 g/mol. The van der Waals surface area contributed by atoms with E-state index in [4.69, 9.17) is 4.74 Å². The Balaban J connectivity index is 2.26. The fourth-order valence-electron chi connectivity index (χ4n) is 2.29. The van der Waals surface area contributed by atoms with Crippen LogP contribution in [0.5, 0.6) is 5.75 Å². The summed E-state index contributed by atoms with van der Waals surface area (Å²) in [6.45, 7) is 3.19. The van der Waals surface area contributed by atoms with Gasteiger partial charge in [-0.3, -0.25) is 0 Å². The van der Waals surface area contributed by atoms with Crippen molar-refractivity contribution in [1.82, 2.24) is 5.32 Å². The fourth-order valence-corrected chi connectivity index (χ4v) is 5.27. The molecule has 1 unspecified atom stereocenters. The van der Waals surface area contributed by atoms with Crippen LogP contribution in [0, 0.1) is 0 Å². The lowest BCUT2D eigenvalue weighted by Crippen LogP contribution is -2.24. The first-order chi connectivity index (χ1) is 10.2. The molecule has 1 atom stereocenters. The van der Waals surface area contributed by atoms with Gasteiger partial charge in [0.15, 0.2) is 0 Å². The molecule has 2 rings (SSSR count). The molecule has 1 aromatic carbocycles. The quantitative estimate of drug-likeness (QED) is 0.617. The molecule has 2 aromatic rings. The minimum absolute atomic E-state index is 0.276. The summed E-state index contributed by atoms with van der Waals surface area (Å²) in [5, 5.41) is 3.64. The van der Waals surface area contributed by atoms with Crippen molar-refractivity contribution < 1.29 is 4.74 Å². The molecule has 0 aliphatic rings. The zero-order chi connectivity index (χ0) is 15.2. The first-order valence-electron chi connectivity index (χ1n) is 6.95. The first-order valence-corrected chi connectivity index (χ1v) is 9.36. The average Bonchev–Trinajstić information content (AvgIpc) is 2.82. The van der Waals surface area contributed by atoms with Crippen LogP contribution in [0.4, 0.5) is 0 Å². The third-order valence-electron chi connectivity index (χ3n) is 3.32. The molecule has 1 N–H and O–H groups in total. The fraction of sp³-hybridized carbons (Fsp3) is 0.375. The van der Waals surface area contributed by atoms with Gasteiger partial charge in [0, 0.05) is 6.04 Å². The lowest BCUT2D eigenvalue weighted by Gasteiger charge is -2.20. The lowest BCUT2D eigenvalue weighted by atomic mass is 10.0. The highest BCUT2D eigenvalue weighted by Gasteiger charge is 2.18. The molecule has 0 fully saturated rings. The van der Waals surface area contributed by atoms with Crippen LogP contribution < -0.4 is 10.1 Å². The van der Waals surface area contributed by atoms with Gasteiger partial charge in [0.25, 0.3) is 0 Å². The number of para-hydroxylation sites is 1. The predicted molar refractivity (Wildman–Crippen MR) is 97.5 cm³/mol. The van der Waals surface area contributed by atoms with Gasteiger partial charge < -0.3 is 10.1 Å². The molecule has 0 amide bonds. The van der Waals surface area contributed by atoms with Crippen LogP contribution in [0.1, 0.15) is 30.5 Å². The first kappa shape index (κ1) is 17.0. The molecule has 0 spiro atoms. The third-order valence-corrected chi connectivity index (χ3v) is 5.70. The molecule has 1 heterocycles. The number of halogens is 2. The summed E-state index contributed by atoms with van der Waals surface area (Å²) in [7, 11) is 1.73. The molecule has 0 aliphatic heterocycles. The van der Waals surface area contributed by atoms with E-state index >= 15 is 0 Å². The van der Waals surface area contributed by atoms with Crippen LogP contribution >= 0.6 is 43.2 Å². The smallest absolute Gasteiger partial charge is 0.122 e. The SMILES string of the molecule is CCCNC(Cc1ccccc1OC)c1cc(Br)sc1Br. The highest BCUT2D eigenvalue weighted by atomic mass is 79.9. The van der Waals surface area contributed by atoms with Gasteiger partial charge in [-0.15, -0.1) is 11.3 Å². The Morgan fingerprint density at radius 3 is 2.67 bits per heavy atom.